The number of unbranched alkanes of at least 4 members (excludes halogenated alkanes) is 19. The van der Waals surface area contributed by atoms with E-state index in [4.69, 9.17) is 0 Å². The molecule has 1 atom stereocenters. The van der Waals surface area contributed by atoms with Crippen molar-refractivity contribution in [1.29, 1.82) is 0 Å². The standard InChI is InChI=1S/C33H65N2/c1-6-8-10-12-13-14-15-16-17-18-19-20-21-22-24-26-28-34-29-30-35(33(34)31(3)4)32(5)27-25-23-11-9-7-2/h29-32H,6-28H2,1-5H3/q+1. The van der Waals surface area contributed by atoms with E-state index < -0.39 is 0 Å². The SMILES string of the molecule is CCCCCCCCCCCCCCCCCC[n+]1ccn(C(C)CCCCCCC)c1C(C)C. The van der Waals surface area contributed by atoms with Gasteiger partial charge in [0.2, 0.25) is 0 Å². The number of aromatic nitrogens is 2. The van der Waals surface area contributed by atoms with Gasteiger partial charge in [-0.15, -0.1) is 0 Å². The maximum absolute atomic E-state index is 2.58. The molecule has 0 aliphatic carbocycles. The van der Waals surface area contributed by atoms with Gasteiger partial charge in [0.1, 0.15) is 12.4 Å². The zero-order valence-electron chi connectivity index (χ0n) is 25.0. The first-order valence-corrected chi connectivity index (χ1v) is 16.2. The molecule has 0 fully saturated rings. The van der Waals surface area contributed by atoms with Crippen LogP contribution in [0.1, 0.15) is 194 Å². The van der Waals surface area contributed by atoms with Crippen molar-refractivity contribution >= 4 is 0 Å². The average molecular weight is 490 g/mol. The van der Waals surface area contributed by atoms with Gasteiger partial charge in [0, 0.05) is 0 Å². The zero-order chi connectivity index (χ0) is 25.6. The number of aryl methyl sites for hydroxylation is 1. The monoisotopic (exact) mass is 490 g/mol. The summed E-state index contributed by atoms with van der Waals surface area (Å²) in [7, 11) is 0. The summed E-state index contributed by atoms with van der Waals surface area (Å²) in [5, 5.41) is 0. The lowest BCUT2D eigenvalue weighted by Crippen LogP contribution is -2.38. The Hall–Kier alpha value is -0.790. The number of hydrogen-bond acceptors (Lipinski definition) is 0. The van der Waals surface area contributed by atoms with Crippen molar-refractivity contribution in [3.63, 3.8) is 0 Å². The van der Waals surface area contributed by atoms with Crippen LogP contribution in [0.25, 0.3) is 0 Å². The molecule has 35 heavy (non-hydrogen) atoms. The molecule has 0 radical (unpaired) electrons. The van der Waals surface area contributed by atoms with Crippen LogP contribution < -0.4 is 4.57 Å². The van der Waals surface area contributed by atoms with Gasteiger partial charge in [-0.2, -0.15) is 0 Å². The van der Waals surface area contributed by atoms with E-state index >= 15 is 0 Å². The molecule has 0 amide bonds. The third-order valence-electron chi connectivity index (χ3n) is 7.94. The Kier molecular flexibility index (Phi) is 20.6. The van der Waals surface area contributed by atoms with Crippen molar-refractivity contribution in [2.24, 2.45) is 0 Å². The molecule has 206 valence electrons. The molecule has 1 aromatic rings. The first kappa shape index (κ1) is 32.2. The molecular formula is C33H65N2+. The molecule has 1 unspecified atom stereocenters. The maximum Gasteiger partial charge on any atom is 0.259 e. The molecule has 0 aliphatic rings. The van der Waals surface area contributed by atoms with E-state index in [1.807, 2.05) is 0 Å². The van der Waals surface area contributed by atoms with Gasteiger partial charge in [-0.3, -0.25) is 0 Å². The van der Waals surface area contributed by atoms with E-state index in [0.717, 1.165) is 0 Å². The van der Waals surface area contributed by atoms with Crippen LogP contribution in [0.2, 0.25) is 0 Å². The van der Waals surface area contributed by atoms with Gasteiger partial charge in [-0.05, 0) is 32.6 Å². The fourth-order valence-electron chi connectivity index (χ4n) is 5.66. The average Bonchev–Trinajstić information content (AvgIpc) is 3.28. The predicted molar refractivity (Wildman–Crippen MR) is 156 cm³/mol. The van der Waals surface area contributed by atoms with Crippen molar-refractivity contribution in [3.8, 4) is 0 Å². The largest absolute Gasteiger partial charge is 0.259 e. The Morgan fingerprint density at radius 1 is 0.571 bits per heavy atom. The molecule has 0 saturated heterocycles. The fourth-order valence-corrected chi connectivity index (χ4v) is 5.66. The fraction of sp³-hybridized carbons (Fsp3) is 0.909. The molecule has 2 heteroatoms. The highest BCUT2D eigenvalue weighted by molar-refractivity contribution is 4.92. The lowest BCUT2D eigenvalue weighted by Gasteiger charge is -2.14. The van der Waals surface area contributed by atoms with Crippen molar-refractivity contribution in [2.45, 2.75) is 194 Å². The second-order valence-electron chi connectivity index (χ2n) is 11.8. The Morgan fingerprint density at radius 3 is 1.40 bits per heavy atom. The molecule has 0 saturated carbocycles. The van der Waals surface area contributed by atoms with Crippen molar-refractivity contribution < 1.29 is 4.57 Å². The van der Waals surface area contributed by atoms with E-state index in [1.54, 1.807) is 0 Å². The van der Waals surface area contributed by atoms with Crippen LogP contribution in [0.3, 0.4) is 0 Å². The Bertz CT molecular complexity index is 574. The highest BCUT2D eigenvalue weighted by atomic mass is 15.2. The van der Waals surface area contributed by atoms with Gasteiger partial charge >= 0.3 is 0 Å². The van der Waals surface area contributed by atoms with E-state index in [2.05, 4.69) is 56.1 Å². The highest BCUT2D eigenvalue weighted by Gasteiger charge is 2.23. The second kappa shape index (κ2) is 22.4. The van der Waals surface area contributed by atoms with Crippen molar-refractivity contribution in [2.75, 3.05) is 0 Å². The van der Waals surface area contributed by atoms with Crippen molar-refractivity contribution in [3.05, 3.63) is 18.2 Å². The summed E-state index contributed by atoms with van der Waals surface area (Å²) in [6.07, 6.45) is 36.0. The van der Waals surface area contributed by atoms with Crippen LogP contribution in [0, 0.1) is 0 Å². The lowest BCUT2D eigenvalue weighted by atomic mass is 10.0. The number of rotatable bonds is 25. The minimum absolute atomic E-state index is 0.591. The third-order valence-corrected chi connectivity index (χ3v) is 7.94. The van der Waals surface area contributed by atoms with Gasteiger partial charge in [0.05, 0.1) is 18.5 Å². The van der Waals surface area contributed by atoms with Crippen LogP contribution in [0.15, 0.2) is 12.4 Å². The number of hydrogen-bond donors (Lipinski definition) is 0. The molecule has 2 nitrogen and oxygen atoms in total. The van der Waals surface area contributed by atoms with Gasteiger partial charge in [0.15, 0.2) is 0 Å². The highest BCUT2D eigenvalue weighted by Crippen LogP contribution is 2.21. The molecule has 0 N–H and O–H groups in total. The summed E-state index contributed by atoms with van der Waals surface area (Å²) in [5.74, 6) is 2.13. The smallest absolute Gasteiger partial charge is 0.234 e. The normalized spacial score (nSPS) is 12.6. The van der Waals surface area contributed by atoms with Crippen LogP contribution in [0.5, 0.6) is 0 Å². The van der Waals surface area contributed by atoms with E-state index in [-0.39, 0.29) is 0 Å². The molecule has 1 aromatic heterocycles. The van der Waals surface area contributed by atoms with Gasteiger partial charge < -0.3 is 0 Å². The summed E-state index contributed by atoms with van der Waals surface area (Å²) >= 11 is 0. The summed E-state index contributed by atoms with van der Waals surface area (Å²) in [5.41, 5.74) is 0. The summed E-state index contributed by atoms with van der Waals surface area (Å²) in [6.45, 7) is 13.0. The molecule has 0 bridgehead atoms. The van der Waals surface area contributed by atoms with Crippen LogP contribution in [-0.4, -0.2) is 4.57 Å². The molecule has 1 rings (SSSR count). The Morgan fingerprint density at radius 2 is 0.971 bits per heavy atom. The lowest BCUT2D eigenvalue weighted by molar-refractivity contribution is -0.705. The Balaban J connectivity index is 2.09. The molecule has 0 aromatic carbocycles. The molecular weight excluding hydrogens is 424 g/mol. The third kappa shape index (κ3) is 15.8. The van der Waals surface area contributed by atoms with E-state index in [1.165, 1.54) is 154 Å². The van der Waals surface area contributed by atoms with E-state index in [0.29, 0.717) is 12.0 Å². The quantitative estimate of drug-likeness (QED) is 0.0953. The summed E-state index contributed by atoms with van der Waals surface area (Å²) in [4.78, 5) is 0. The Labute approximate surface area is 221 Å². The minimum Gasteiger partial charge on any atom is -0.234 e. The molecule has 0 spiro atoms. The van der Waals surface area contributed by atoms with Crippen LogP contribution in [-0.2, 0) is 6.54 Å². The number of nitrogens with zero attached hydrogens (tertiary/aromatic N) is 2. The molecule has 1 heterocycles. The van der Waals surface area contributed by atoms with E-state index in [9.17, 15) is 0 Å². The van der Waals surface area contributed by atoms with Crippen LogP contribution >= 0.6 is 0 Å². The zero-order valence-corrected chi connectivity index (χ0v) is 25.0. The van der Waals surface area contributed by atoms with Gasteiger partial charge in [-0.25, -0.2) is 9.13 Å². The first-order chi connectivity index (χ1) is 17.1. The maximum atomic E-state index is 2.58. The minimum atomic E-state index is 0.591. The first-order valence-electron chi connectivity index (χ1n) is 16.2. The van der Waals surface area contributed by atoms with Gasteiger partial charge in [-0.1, -0.05) is 143 Å². The summed E-state index contributed by atoms with van der Waals surface area (Å²) in [6, 6.07) is 0.626. The summed E-state index contributed by atoms with van der Waals surface area (Å²) < 4.78 is 5.14. The molecule has 0 aliphatic heterocycles. The predicted octanol–water partition coefficient (Wildman–Crippen LogP) is 11.1. The van der Waals surface area contributed by atoms with Gasteiger partial charge in [0.25, 0.3) is 5.82 Å². The number of imidazole rings is 1. The van der Waals surface area contributed by atoms with Crippen LogP contribution in [0.4, 0.5) is 0 Å². The topological polar surface area (TPSA) is 8.81 Å². The second-order valence-corrected chi connectivity index (χ2v) is 11.8. The van der Waals surface area contributed by atoms with Crippen molar-refractivity contribution in [1.82, 2.24) is 4.57 Å².